The molecule has 0 unspecified atom stereocenters. The molecule has 0 bridgehead atoms. The van der Waals surface area contributed by atoms with Crippen molar-refractivity contribution >= 4 is 16.9 Å². The van der Waals surface area contributed by atoms with Gasteiger partial charge in [-0.25, -0.2) is 0 Å². The molecule has 1 heteroatoms. The molecule has 0 radical (unpaired) electrons. The van der Waals surface area contributed by atoms with E-state index < -0.39 is 0 Å². The van der Waals surface area contributed by atoms with E-state index in [9.17, 15) is 0 Å². The van der Waals surface area contributed by atoms with Gasteiger partial charge in [0.1, 0.15) is 0 Å². The van der Waals surface area contributed by atoms with Crippen molar-refractivity contribution < 1.29 is 0 Å². The minimum absolute atomic E-state index is 1.05. The van der Waals surface area contributed by atoms with Crippen LogP contribution in [-0.4, -0.2) is 0 Å². The lowest BCUT2D eigenvalue weighted by Gasteiger charge is -2.09. The number of allylic oxidation sites excluding steroid dienone is 4. The average Bonchev–Trinajstić information content (AvgIpc) is 2.68. The van der Waals surface area contributed by atoms with Gasteiger partial charge in [-0.3, -0.25) is 0 Å². The number of nitrogens with one attached hydrogen (secondary N) is 1. The third-order valence-electron chi connectivity index (χ3n) is 4.02. The molecular formula is C24H21N. The topological polar surface area (TPSA) is 12.0 Å². The molecule has 0 atom stereocenters. The molecule has 3 rings (SSSR count). The first-order valence-corrected chi connectivity index (χ1v) is 8.28. The maximum absolute atomic E-state index is 3.85. The molecule has 1 N–H and O–H groups in total. The fraction of sp³-hybridized carbons (Fsp3) is 0. The Labute approximate surface area is 149 Å². The Bertz CT molecular complexity index is 870. The standard InChI is InChI=1S/C24H21N/c1-3-8-19(4-2)21-11-15-23(16-12-21)25-24-17-13-22(14-18-24)20-9-6-5-7-10-20/h3-18,25H,1-2H2/b19-8+. The van der Waals surface area contributed by atoms with Crippen LogP contribution in [0.4, 0.5) is 11.4 Å². The summed E-state index contributed by atoms with van der Waals surface area (Å²) in [6.07, 6.45) is 5.57. The molecule has 0 spiro atoms. The molecule has 0 heterocycles. The van der Waals surface area contributed by atoms with Crippen molar-refractivity contribution in [2.24, 2.45) is 0 Å². The van der Waals surface area contributed by atoms with E-state index in [-0.39, 0.29) is 0 Å². The molecular weight excluding hydrogens is 302 g/mol. The Hall–Kier alpha value is -3.32. The van der Waals surface area contributed by atoms with Crippen LogP contribution in [0.3, 0.4) is 0 Å². The molecule has 3 aromatic carbocycles. The molecule has 0 aliphatic heterocycles. The molecule has 0 saturated carbocycles. The molecule has 0 aliphatic rings. The summed E-state index contributed by atoms with van der Waals surface area (Å²) < 4.78 is 0. The van der Waals surface area contributed by atoms with Gasteiger partial charge in [0.25, 0.3) is 0 Å². The van der Waals surface area contributed by atoms with Crippen molar-refractivity contribution in [1.82, 2.24) is 0 Å². The van der Waals surface area contributed by atoms with E-state index in [1.54, 1.807) is 6.08 Å². The van der Waals surface area contributed by atoms with Gasteiger partial charge in [0.05, 0.1) is 0 Å². The third kappa shape index (κ3) is 4.15. The zero-order chi connectivity index (χ0) is 17.5. The van der Waals surface area contributed by atoms with Crippen molar-refractivity contribution in [2.45, 2.75) is 0 Å². The van der Waals surface area contributed by atoms with Crippen LogP contribution in [0.25, 0.3) is 16.7 Å². The molecule has 122 valence electrons. The lowest BCUT2D eigenvalue weighted by Crippen LogP contribution is -1.90. The molecule has 0 fully saturated rings. The lowest BCUT2D eigenvalue weighted by molar-refractivity contribution is 1.52. The Morgan fingerprint density at radius 1 is 0.680 bits per heavy atom. The van der Waals surface area contributed by atoms with Gasteiger partial charge in [0, 0.05) is 11.4 Å². The van der Waals surface area contributed by atoms with E-state index >= 15 is 0 Å². The lowest BCUT2D eigenvalue weighted by atomic mass is 10.0. The molecule has 0 amide bonds. The summed E-state index contributed by atoms with van der Waals surface area (Å²) >= 11 is 0. The van der Waals surface area contributed by atoms with E-state index in [2.05, 4.69) is 91.3 Å². The molecule has 25 heavy (non-hydrogen) atoms. The van der Waals surface area contributed by atoms with Gasteiger partial charge in [0.15, 0.2) is 0 Å². The minimum Gasteiger partial charge on any atom is -0.356 e. The van der Waals surface area contributed by atoms with Gasteiger partial charge in [-0.15, -0.1) is 0 Å². The number of hydrogen-bond acceptors (Lipinski definition) is 1. The summed E-state index contributed by atoms with van der Waals surface area (Å²) in [4.78, 5) is 0. The number of rotatable bonds is 6. The summed E-state index contributed by atoms with van der Waals surface area (Å²) in [5, 5.41) is 3.43. The third-order valence-corrected chi connectivity index (χ3v) is 4.02. The van der Waals surface area contributed by atoms with Crippen molar-refractivity contribution in [2.75, 3.05) is 5.32 Å². The van der Waals surface area contributed by atoms with Crippen molar-refractivity contribution in [3.8, 4) is 11.1 Å². The number of benzene rings is 3. The van der Waals surface area contributed by atoms with Crippen LogP contribution < -0.4 is 5.32 Å². The van der Waals surface area contributed by atoms with Gasteiger partial charge >= 0.3 is 0 Å². The fourth-order valence-electron chi connectivity index (χ4n) is 2.70. The van der Waals surface area contributed by atoms with Crippen molar-refractivity contribution in [3.05, 3.63) is 116 Å². The van der Waals surface area contributed by atoms with Gasteiger partial charge in [0.2, 0.25) is 0 Å². The zero-order valence-electron chi connectivity index (χ0n) is 14.2. The van der Waals surface area contributed by atoms with E-state index in [1.165, 1.54) is 11.1 Å². The quantitative estimate of drug-likeness (QED) is 0.489. The van der Waals surface area contributed by atoms with Crippen LogP contribution in [0.1, 0.15) is 5.56 Å². The zero-order valence-corrected chi connectivity index (χ0v) is 14.2. The predicted molar refractivity (Wildman–Crippen MR) is 110 cm³/mol. The van der Waals surface area contributed by atoms with E-state index in [1.807, 2.05) is 18.2 Å². The van der Waals surface area contributed by atoms with Gasteiger partial charge in [-0.1, -0.05) is 86.0 Å². The Kier molecular flexibility index (Phi) is 5.28. The highest BCUT2D eigenvalue weighted by molar-refractivity contribution is 5.76. The monoisotopic (exact) mass is 323 g/mol. The molecule has 1 nitrogen and oxygen atoms in total. The van der Waals surface area contributed by atoms with Gasteiger partial charge in [-0.2, -0.15) is 0 Å². The predicted octanol–water partition coefficient (Wildman–Crippen LogP) is 6.85. The number of anilines is 2. The van der Waals surface area contributed by atoms with Crippen LogP contribution in [0, 0.1) is 0 Å². The molecule has 0 aliphatic carbocycles. The van der Waals surface area contributed by atoms with Crippen LogP contribution in [0.15, 0.2) is 110 Å². The Morgan fingerprint density at radius 3 is 1.80 bits per heavy atom. The Balaban J connectivity index is 1.73. The summed E-state index contributed by atoms with van der Waals surface area (Å²) in [7, 11) is 0. The second-order valence-electron chi connectivity index (χ2n) is 5.71. The minimum atomic E-state index is 1.05. The largest absolute Gasteiger partial charge is 0.356 e. The molecule has 0 aromatic heterocycles. The fourth-order valence-corrected chi connectivity index (χ4v) is 2.70. The average molecular weight is 323 g/mol. The normalized spacial score (nSPS) is 11.0. The molecule has 3 aromatic rings. The first-order valence-electron chi connectivity index (χ1n) is 8.28. The maximum atomic E-state index is 3.85. The van der Waals surface area contributed by atoms with E-state index in [0.717, 1.165) is 22.5 Å². The van der Waals surface area contributed by atoms with Gasteiger partial charge < -0.3 is 5.32 Å². The second kappa shape index (κ2) is 7.98. The smallest absolute Gasteiger partial charge is 0.0384 e. The highest BCUT2D eigenvalue weighted by Crippen LogP contribution is 2.24. The highest BCUT2D eigenvalue weighted by atomic mass is 14.9. The van der Waals surface area contributed by atoms with Crippen LogP contribution in [0.2, 0.25) is 0 Å². The summed E-state index contributed by atoms with van der Waals surface area (Å²) in [5.74, 6) is 0. The first-order chi connectivity index (χ1) is 12.3. The molecule has 0 saturated heterocycles. The van der Waals surface area contributed by atoms with Crippen LogP contribution in [0.5, 0.6) is 0 Å². The summed E-state index contributed by atoms with van der Waals surface area (Å²) in [6.45, 7) is 7.59. The Morgan fingerprint density at radius 2 is 1.24 bits per heavy atom. The van der Waals surface area contributed by atoms with Crippen LogP contribution >= 0.6 is 0 Å². The summed E-state index contributed by atoms with van der Waals surface area (Å²) in [6, 6.07) is 27.2. The van der Waals surface area contributed by atoms with Gasteiger partial charge in [-0.05, 0) is 46.5 Å². The number of hydrogen-bond donors (Lipinski definition) is 1. The SMILES string of the molecule is C=C/C=C(\C=C)c1ccc(Nc2ccc(-c3ccccc3)cc2)cc1. The summed E-state index contributed by atoms with van der Waals surface area (Å²) in [5.41, 5.74) is 6.75. The van der Waals surface area contributed by atoms with E-state index in [4.69, 9.17) is 0 Å². The first kappa shape index (κ1) is 16.5. The van der Waals surface area contributed by atoms with Crippen LogP contribution in [-0.2, 0) is 0 Å². The maximum Gasteiger partial charge on any atom is 0.0384 e. The van der Waals surface area contributed by atoms with Crippen molar-refractivity contribution in [1.29, 1.82) is 0 Å². The second-order valence-corrected chi connectivity index (χ2v) is 5.71. The van der Waals surface area contributed by atoms with Crippen molar-refractivity contribution in [3.63, 3.8) is 0 Å². The van der Waals surface area contributed by atoms with E-state index in [0.29, 0.717) is 0 Å². The highest BCUT2D eigenvalue weighted by Gasteiger charge is 2.00.